The van der Waals surface area contributed by atoms with Crippen LogP contribution in [0, 0.1) is 11.8 Å². The Morgan fingerprint density at radius 1 is 1.26 bits per heavy atom. The quantitative estimate of drug-likeness (QED) is 0.867. The maximum atomic E-state index is 5.70. The van der Waals surface area contributed by atoms with Crippen molar-refractivity contribution in [2.45, 2.75) is 13.2 Å². The lowest BCUT2D eigenvalue weighted by molar-refractivity contribution is 0.109. The highest BCUT2D eigenvalue weighted by Crippen LogP contribution is 2.17. The maximum absolute atomic E-state index is 5.70. The molecule has 2 rings (SSSR count). The number of hydrogen-bond acceptors (Lipinski definition) is 3. The smallest absolute Gasteiger partial charge is 0.0814 e. The van der Waals surface area contributed by atoms with Crippen LogP contribution in [0.1, 0.15) is 16.0 Å². The molecule has 0 saturated heterocycles. The first kappa shape index (κ1) is 14.3. The van der Waals surface area contributed by atoms with Crippen molar-refractivity contribution >= 4 is 27.3 Å². The third-order valence-corrected chi connectivity index (χ3v) is 3.79. The maximum Gasteiger partial charge on any atom is 0.0814 e. The third-order valence-electron chi connectivity index (χ3n) is 2.39. The fourth-order valence-electron chi connectivity index (χ4n) is 1.57. The Hall–Kier alpha value is -1.12. The summed E-state index contributed by atoms with van der Waals surface area (Å²) in [6.07, 6.45) is 0. The molecular weight excluding hydrogens is 322 g/mol. The van der Waals surface area contributed by atoms with Gasteiger partial charge in [-0.2, -0.15) is 0 Å². The second-order valence-corrected chi connectivity index (χ2v) is 5.84. The van der Waals surface area contributed by atoms with Crippen molar-refractivity contribution in [1.29, 1.82) is 0 Å². The number of ether oxygens (including phenoxy) is 1. The first-order valence-electron chi connectivity index (χ1n) is 5.86. The minimum absolute atomic E-state index is 0.393. The zero-order valence-electron chi connectivity index (χ0n) is 10.4. The van der Waals surface area contributed by atoms with Crippen LogP contribution in [-0.2, 0) is 18.0 Å². The van der Waals surface area contributed by atoms with Crippen LogP contribution in [0.25, 0.3) is 0 Å². The largest absolute Gasteiger partial charge is 0.371 e. The molecule has 0 bridgehead atoms. The Morgan fingerprint density at radius 2 is 2.16 bits per heavy atom. The topological polar surface area (TPSA) is 35.2 Å². The van der Waals surface area contributed by atoms with Crippen LogP contribution in [0.2, 0.25) is 0 Å². The number of rotatable bonds is 4. The van der Waals surface area contributed by atoms with Gasteiger partial charge in [-0.1, -0.05) is 39.9 Å². The highest BCUT2D eigenvalue weighted by atomic mass is 79.9. The Morgan fingerprint density at radius 3 is 2.95 bits per heavy atom. The van der Waals surface area contributed by atoms with E-state index in [-0.39, 0.29) is 0 Å². The van der Waals surface area contributed by atoms with Gasteiger partial charge in [-0.15, -0.1) is 11.3 Å². The minimum Gasteiger partial charge on any atom is -0.371 e. The summed E-state index contributed by atoms with van der Waals surface area (Å²) < 4.78 is 6.77. The average molecular weight is 336 g/mol. The van der Waals surface area contributed by atoms with E-state index < -0.39 is 0 Å². The molecule has 0 aliphatic rings. The van der Waals surface area contributed by atoms with Gasteiger partial charge in [0.1, 0.15) is 0 Å². The Kier molecular flexibility index (Phi) is 5.62. The van der Waals surface area contributed by atoms with E-state index in [2.05, 4.69) is 39.9 Å². The fraction of sp³-hybridized carbons (Fsp3) is 0.200. The average Bonchev–Trinajstić information content (AvgIpc) is 2.84. The Balaban J connectivity index is 1.84. The Bertz CT molecular complexity index is 597. The minimum atomic E-state index is 0.393. The van der Waals surface area contributed by atoms with E-state index in [9.17, 15) is 0 Å². The van der Waals surface area contributed by atoms with Gasteiger partial charge in [-0.25, -0.2) is 0 Å². The van der Waals surface area contributed by atoms with Crippen LogP contribution in [-0.4, -0.2) is 6.54 Å². The molecule has 1 aromatic heterocycles. The van der Waals surface area contributed by atoms with Crippen molar-refractivity contribution in [2.75, 3.05) is 6.54 Å². The summed E-state index contributed by atoms with van der Waals surface area (Å²) in [4.78, 5) is 1.18. The standard InChI is InChI=1S/C15H14BrNOS/c16-14-5-1-3-12(7-14)9-18-10-15-8-13(11-19-15)4-2-6-17/h1,3,5,7-8,11H,6,9-10,17H2. The van der Waals surface area contributed by atoms with E-state index in [0.29, 0.717) is 19.8 Å². The first-order valence-corrected chi connectivity index (χ1v) is 7.54. The lowest BCUT2D eigenvalue weighted by Crippen LogP contribution is -1.93. The fourth-order valence-corrected chi connectivity index (χ4v) is 2.77. The number of thiophene rings is 1. The number of nitrogens with two attached hydrogens (primary N) is 1. The number of hydrogen-bond donors (Lipinski definition) is 1. The van der Waals surface area contributed by atoms with Gasteiger partial charge in [-0.05, 0) is 23.8 Å². The van der Waals surface area contributed by atoms with Crippen LogP contribution >= 0.6 is 27.3 Å². The summed E-state index contributed by atoms with van der Waals surface area (Å²) in [5.74, 6) is 5.86. The second-order valence-electron chi connectivity index (χ2n) is 3.93. The lowest BCUT2D eigenvalue weighted by atomic mass is 10.2. The van der Waals surface area contributed by atoms with E-state index >= 15 is 0 Å². The molecule has 0 saturated carbocycles. The van der Waals surface area contributed by atoms with Gasteiger partial charge < -0.3 is 10.5 Å². The van der Waals surface area contributed by atoms with E-state index in [1.807, 2.05) is 23.6 Å². The van der Waals surface area contributed by atoms with Gasteiger partial charge in [0.2, 0.25) is 0 Å². The van der Waals surface area contributed by atoms with Crippen molar-refractivity contribution in [2.24, 2.45) is 5.73 Å². The molecular formula is C15H14BrNOS. The number of benzene rings is 1. The predicted molar refractivity (Wildman–Crippen MR) is 82.9 cm³/mol. The molecule has 0 unspecified atom stereocenters. The first-order chi connectivity index (χ1) is 9.28. The highest BCUT2D eigenvalue weighted by Gasteiger charge is 1.99. The zero-order chi connectivity index (χ0) is 13.5. The van der Waals surface area contributed by atoms with Crippen molar-refractivity contribution in [3.05, 3.63) is 56.2 Å². The third kappa shape index (κ3) is 4.81. The van der Waals surface area contributed by atoms with Gasteiger partial charge in [0.25, 0.3) is 0 Å². The van der Waals surface area contributed by atoms with Crippen LogP contribution in [0.3, 0.4) is 0 Å². The summed E-state index contributed by atoms with van der Waals surface area (Å²) in [5, 5.41) is 2.03. The van der Waals surface area contributed by atoms with E-state index in [1.165, 1.54) is 4.88 Å². The molecule has 2 aromatic rings. The molecule has 0 radical (unpaired) electrons. The lowest BCUT2D eigenvalue weighted by Gasteiger charge is -2.03. The van der Waals surface area contributed by atoms with Gasteiger partial charge in [0.15, 0.2) is 0 Å². The van der Waals surface area contributed by atoms with Crippen molar-refractivity contribution in [3.63, 3.8) is 0 Å². The molecule has 4 heteroatoms. The molecule has 2 nitrogen and oxygen atoms in total. The number of halogens is 1. The van der Waals surface area contributed by atoms with E-state index in [0.717, 1.165) is 15.6 Å². The molecule has 0 amide bonds. The van der Waals surface area contributed by atoms with Crippen molar-refractivity contribution in [1.82, 2.24) is 0 Å². The molecule has 0 aliphatic carbocycles. The zero-order valence-corrected chi connectivity index (χ0v) is 12.8. The SMILES string of the molecule is NCC#Cc1csc(COCc2cccc(Br)c2)c1. The van der Waals surface area contributed by atoms with Gasteiger partial charge >= 0.3 is 0 Å². The van der Waals surface area contributed by atoms with Gasteiger partial charge in [0, 0.05) is 20.3 Å². The Labute approximate surface area is 125 Å². The molecule has 1 aromatic carbocycles. The molecule has 0 fully saturated rings. The summed E-state index contributed by atoms with van der Waals surface area (Å²) in [5.41, 5.74) is 7.51. The summed E-state index contributed by atoms with van der Waals surface area (Å²) >= 11 is 5.11. The highest BCUT2D eigenvalue weighted by molar-refractivity contribution is 9.10. The van der Waals surface area contributed by atoms with Crippen molar-refractivity contribution in [3.8, 4) is 11.8 Å². The van der Waals surface area contributed by atoms with Gasteiger partial charge in [0.05, 0.1) is 19.8 Å². The molecule has 19 heavy (non-hydrogen) atoms. The molecule has 1 heterocycles. The molecule has 0 spiro atoms. The molecule has 98 valence electrons. The summed E-state index contributed by atoms with van der Waals surface area (Å²) in [6.45, 7) is 1.62. The molecule has 0 atom stereocenters. The van der Waals surface area contributed by atoms with E-state index in [1.54, 1.807) is 11.3 Å². The van der Waals surface area contributed by atoms with Crippen LogP contribution in [0.5, 0.6) is 0 Å². The van der Waals surface area contributed by atoms with Gasteiger partial charge in [-0.3, -0.25) is 0 Å². The second kappa shape index (κ2) is 7.46. The van der Waals surface area contributed by atoms with E-state index in [4.69, 9.17) is 10.5 Å². The van der Waals surface area contributed by atoms with Crippen LogP contribution in [0.4, 0.5) is 0 Å². The molecule has 0 aliphatic heterocycles. The predicted octanol–water partition coefficient (Wildman–Crippen LogP) is 3.54. The normalized spacial score (nSPS) is 10.0. The summed E-state index contributed by atoms with van der Waals surface area (Å²) in [7, 11) is 0. The van der Waals surface area contributed by atoms with Crippen LogP contribution in [0.15, 0.2) is 40.2 Å². The van der Waals surface area contributed by atoms with Crippen LogP contribution < -0.4 is 5.73 Å². The summed E-state index contributed by atoms with van der Waals surface area (Å²) in [6, 6.07) is 10.2. The molecule has 2 N–H and O–H groups in total. The van der Waals surface area contributed by atoms with Crippen molar-refractivity contribution < 1.29 is 4.74 Å². The monoisotopic (exact) mass is 335 g/mol.